The van der Waals surface area contributed by atoms with Crippen LogP contribution in [0.3, 0.4) is 0 Å². The van der Waals surface area contributed by atoms with Crippen molar-refractivity contribution in [3.8, 4) is 0 Å². The normalized spacial score (nSPS) is 20.1. The van der Waals surface area contributed by atoms with Gasteiger partial charge in [0.1, 0.15) is 0 Å². The maximum absolute atomic E-state index is 4.98. The Morgan fingerprint density at radius 3 is 2.80 bits per heavy atom. The zero-order chi connectivity index (χ0) is 14.8. The van der Waals surface area contributed by atoms with Gasteiger partial charge in [-0.2, -0.15) is 11.8 Å². The van der Waals surface area contributed by atoms with Crippen LogP contribution in [0.4, 0.5) is 5.13 Å². The quantitative estimate of drug-likeness (QED) is 0.897. The van der Waals surface area contributed by atoms with E-state index in [1.165, 1.54) is 21.5 Å². The number of thiazole rings is 1. The second-order valence-corrected chi connectivity index (χ2v) is 9.04. The van der Waals surface area contributed by atoms with Crippen molar-refractivity contribution in [1.29, 1.82) is 0 Å². The zero-order valence-electron chi connectivity index (χ0n) is 13.3. The molecule has 0 bridgehead atoms. The SMILES string of the molecule is CCC(C)c1nc(N2CCSC(C)(C)C2)sc1CNC. The molecule has 1 aromatic rings. The predicted molar refractivity (Wildman–Crippen MR) is 92.3 cm³/mol. The molecule has 1 N–H and O–H groups in total. The Morgan fingerprint density at radius 1 is 1.45 bits per heavy atom. The molecule has 0 amide bonds. The Labute approximate surface area is 131 Å². The van der Waals surface area contributed by atoms with Gasteiger partial charge < -0.3 is 10.2 Å². The molecule has 0 radical (unpaired) electrons. The largest absolute Gasteiger partial charge is 0.346 e. The van der Waals surface area contributed by atoms with Gasteiger partial charge in [0.05, 0.1) is 5.69 Å². The van der Waals surface area contributed by atoms with E-state index in [0.717, 1.165) is 26.1 Å². The summed E-state index contributed by atoms with van der Waals surface area (Å²) in [5.41, 5.74) is 1.30. The Bertz CT molecular complexity index is 442. The van der Waals surface area contributed by atoms with Crippen LogP contribution in [0.25, 0.3) is 0 Å². The molecule has 1 aliphatic rings. The van der Waals surface area contributed by atoms with Crippen LogP contribution in [0.5, 0.6) is 0 Å². The third-order valence-corrected chi connectivity index (χ3v) is 6.26. The molecule has 5 heteroatoms. The highest BCUT2D eigenvalue weighted by Gasteiger charge is 2.29. The van der Waals surface area contributed by atoms with Crippen LogP contribution in [-0.4, -0.2) is 35.6 Å². The first-order chi connectivity index (χ1) is 9.46. The maximum Gasteiger partial charge on any atom is 0.185 e. The van der Waals surface area contributed by atoms with Crippen molar-refractivity contribution in [3.63, 3.8) is 0 Å². The molecule has 1 atom stereocenters. The average molecular weight is 314 g/mol. The number of hydrogen-bond acceptors (Lipinski definition) is 5. The number of nitrogens with zero attached hydrogens (tertiary/aromatic N) is 2. The molecule has 1 fully saturated rings. The van der Waals surface area contributed by atoms with Crippen molar-refractivity contribution >= 4 is 28.2 Å². The smallest absolute Gasteiger partial charge is 0.185 e. The summed E-state index contributed by atoms with van der Waals surface area (Å²) in [6, 6.07) is 0. The molecule has 1 aliphatic heterocycles. The summed E-state index contributed by atoms with van der Waals surface area (Å²) >= 11 is 3.95. The van der Waals surface area contributed by atoms with E-state index in [0.29, 0.717) is 10.7 Å². The van der Waals surface area contributed by atoms with Gasteiger partial charge in [-0.25, -0.2) is 4.98 Å². The lowest BCUT2D eigenvalue weighted by Gasteiger charge is -2.37. The van der Waals surface area contributed by atoms with E-state index in [1.54, 1.807) is 0 Å². The molecule has 114 valence electrons. The first-order valence-corrected chi connectivity index (χ1v) is 9.30. The Hall–Kier alpha value is -0.260. The van der Waals surface area contributed by atoms with Crippen LogP contribution in [0.2, 0.25) is 0 Å². The molecule has 0 spiro atoms. The molecular weight excluding hydrogens is 286 g/mol. The van der Waals surface area contributed by atoms with Crippen LogP contribution in [-0.2, 0) is 6.54 Å². The molecule has 2 heterocycles. The van der Waals surface area contributed by atoms with Gasteiger partial charge in [-0.05, 0) is 33.2 Å². The molecule has 3 nitrogen and oxygen atoms in total. The minimum atomic E-state index is 0.337. The average Bonchev–Trinajstić information content (AvgIpc) is 2.81. The monoisotopic (exact) mass is 313 g/mol. The second kappa shape index (κ2) is 6.67. The lowest BCUT2D eigenvalue weighted by Crippen LogP contribution is -2.43. The van der Waals surface area contributed by atoms with Crippen LogP contribution in [0.15, 0.2) is 0 Å². The van der Waals surface area contributed by atoms with Gasteiger partial charge in [-0.3, -0.25) is 0 Å². The zero-order valence-corrected chi connectivity index (χ0v) is 15.0. The lowest BCUT2D eigenvalue weighted by atomic mass is 10.0. The van der Waals surface area contributed by atoms with E-state index in [1.807, 2.05) is 18.4 Å². The van der Waals surface area contributed by atoms with Crippen molar-refractivity contribution in [2.75, 3.05) is 30.8 Å². The number of anilines is 1. The summed E-state index contributed by atoms with van der Waals surface area (Å²) in [7, 11) is 2.01. The fourth-order valence-electron chi connectivity index (χ4n) is 2.53. The summed E-state index contributed by atoms with van der Waals surface area (Å²) in [6.07, 6.45) is 1.15. The van der Waals surface area contributed by atoms with Gasteiger partial charge in [-0.1, -0.05) is 13.8 Å². The third-order valence-electron chi connectivity index (χ3n) is 3.83. The third kappa shape index (κ3) is 3.68. The lowest BCUT2D eigenvalue weighted by molar-refractivity contribution is 0.642. The van der Waals surface area contributed by atoms with Gasteiger partial charge in [0.15, 0.2) is 5.13 Å². The number of hydrogen-bond donors (Lipinski definition) is 1. The first kappa shape index (κ1) is 16.1. The van der Waals surface area contributed by atoms with Crippen LogP contribution >= 0.6 is 23.1 Å². The summed E-state index contributed by atoms with van der Waals surface area (Å²) in [5, 5.41) is 4.50. The molecule has 0 aliphatic carbocycles. The highest BCUT2D eigenvalue weighted by atomic mass is 32.2. The van der Waals surface area contributed by atoms with E-state index in [4.69, 9.17) is 4.98 Å². The number of nitrogens with one attached hydrogen (secondary N) is 1. The van der Waals surface area contributed by atoms with Crippen molar-refractivity contribution < 1.29 is 0 Å². The van der Waals surface area contributed by atoms with Crippen LogP contribution in [0, 0.1) is 0 Å². The van der Waals surface area contributed by atoms with Crippen molar-refractivity contribution in [2.24, 2.45) is 0 Å². The number of aromatic nitrogens is 1. The van der Waals surface area contributed by atoms with Crippen LogP contribution < -0.4 is 10.2 Å². The molecule has 0 saturated carbocycles. The molecule has 20 heavy (non-hydrogen) atoms. The summed E-state index contributed by atoms with van der Waals surface area (Å²) in [5.74, 6) is 1.75. The number of rotatable bonds is 5. The molecule has 1 aromatic heterocycles. The summed E-state index contributed by atoms with van der Waals surface area (Å²) < 4.78 is 0.337. The highest BCUT2D eigenvalue weighted by Crippen LogP contribution is 2.36. The number of thioether (sulfide) groups is 1. The Kier molecular flexibility index (Phi) is 5.37. The molecule has 1 saturated heterocycles. The molecule has 0 aromatic carbocycles. The Morgan fingerprint density at radius 2 is 2.20 bits per heavy atom. The van der Waals surface area contributed by atoms with Crippen molar-refractivity contribution in [2.45, 2.75) is 51.3 Å². The van der Waals surface area contributed by atoms with E-state index < -0.39 is 0 Å². The summed E-state index contributed by atoms with van der Waals surface area (Å²) in [6.45, 7) is 12.4. The molecular formula is C15H27N3S2. The molecule has 2 rings (SSSR count). The van der Waals surface area contributed by atoms with E-state index in [9.17, 15) is 0 Å². The first-order valence-electron chi connectivity index (χ1n) is 7.50. The van der Waals surface area contributed by atoms with E-state index >= 15 is 0 Å². The maximum atomic E-state index is 4.98. The fourth-order valence-corrected chi connectivity index (χ4v) is 4.86. The fraction of sp³-hybridized carbons (Fsp3) is 0.800. The van der Waals surface area contributed by atoms with Crippen molar-refractivity contribution in [3.05, 3.63) is 10.6 Å². The second-order valence-electron chi connectivity index (χ2n) is 6.17. The summed E-state index contributed by atoms with van der Waals surface area (Å²) in [4.78, 5) is 8.87. The van der Waals surface area contributed by atoms with E-state index in [-0.39, 0.29) is 0 Å². The predicted octanol–water partition coefficient (Wildman–Crippen LogP) is 3.71. The minimum Gasteiger partial charge on any atom is -0.346 e. The highest BCUT2D eigenvalue weighted by molar-refractivity contribution is 8.00. The van der Waals surface area contributed by atoms with Crippen molar-refractivity contribution in [1.82, 2.24) is 10.3 Å². The van der Waals surface area contributed by atoms with Gasteiger partial charge in [0.25, 0.3) is 0 Å². The van der Waals surface area contributed by atoms with Gasteiger partial charge in [-0.15, -0.1) is 11.3 Å². The van der Waals surface area contributed by atoms with Gasteiger partial charge in [0.2, 0.25) is 0 Å². The molecule has 1 unspecified atom stereocenters. The van der Waals surface area contributed by atoms with Gasteiger partial charge in [0, 0.05) is 35.0 Å². The van der Waals surface area contributed by atoms with E-state index in [2.05, 4.69) is 49.7 Å². The topological polar surface area (TPSA) is 28.2 Å². The standard InChI is InChI=1S/C15H27N3S2/c1-6-11(2)13-12(9-16-5)20-14(17-13)18-7-8-19-15(3,4)10-18/h11,16H,6-10H2,1-5H3. The minimum absolute atomic E-state index is 0.337. The van der Waals surface area contributed by atoms with Crippen LogP contribution in [0.1, 0.15) is 50.6 Å². The Balaban J connectivity index is 2.23. The van der Waals surface area contributed by atoms with Gasteiger partial charge >= 0.3 is 0 Å².